The van der Waals surface area contributed by atoms with Crippen LogP contribution in [0.2, 0.25) is 0 Å². The summed E-state index contributed by atoms with van der Waals surface area (Å²) in [5.41, 5.74) is 0. The maximum atomic E-state index is 5.14. The Kier molecular flexibility index (Phi) is 13.9. The predicted octanol–water partition coefficient (Wildman–Crippen LogP) is 2.99. The average molecular weight is 204 g/mol. The van der Waals surface area contributed by atoms with Crippen LogP contribution >= 0.6 is 12.4 Å². The molecule has 0 saturated heterocycles. The van der Waals surface area contributed by atoms with Gasteiger partial charge in [-0.15, -0.1) is 18.8 Å². The number of rotatable bonds is 7. The lowest BCUT2D eigenvalue weighted by Crippen LogP contribution is -2.25. The molecule has 0 unspecified atom stereocenters. The average Bonchev–Trinajstić information content (AvgIpc) is 2.09. The molecule has 0 fully saturated rings. The molecule has 0 aliphatic rings. The van der Waals surface area contributed by atoms with Crippen molar-refractivity contribution < 1.29 is 0 Å². The highest BCUT2D eigenvalue weighted by Crippen LogP contribution is 2.04. The first-order valence-electron chi connectivity index (χ1n) is 4.98. The highest BCUT2D eigenvalue weighted by Gasteiger charge is 1.98. The highest BCUT2D eigenvalue weighted by atomic mass is 35.5. The van der Waals surface area contributed by atoms with Gasteiger partial charge >= 0.3 is 0 Å². The topological polar surface area (TPSA) is 12.0 Å². The van der Waals surface area contributed by atoms with Crippen LogP contribution in [0.3, 0.4) is 0 Å². The van der Waals surface area contributed by atoms with Crippen LogP contribution in [0, 0.1) is 12.3 Å². The number of terminal acetylenes is 1. The molecule has 0 saturated carbocycles. The quantitative estimate of drug-likeness (QED) is 0.496. The van der Waals surface area contributed by atoms with E-state index in [2.05, 4.69) is 25.1 Å². The van der Waals surface area contributed by atoms with E-state index < -0.39 is 0 Å². The van der Waals surface area contributed by atoms with Gasteiger partial charge in [-0.25, -0.2) is 0 Å². The Morgan fingerprint density at radius 1 is 1.31 bits per heavy atom. The zero-order valence-electron chi connectivity index (χ0n) is 8.81. The van der Waals surface area contributed by atoms with Crippen molar-refractivity contribution >= 4 is 12.4 Å². The lowest BCUT2D eigenvalue weighted by Gasteiger charge is -2.10. The second-order valence-electron chi connectivity index (χ2n) is 3.34. The minimum Gasteiger partial charge on any atom is -0.304 e. The lowest BCUT2D eigenvalue weighted by molar-refractivity contribution is 0.505. The van der Waals surface area contributed by atoms with Gasteiger partial charge < -0.3 is 5.32 Å². The fourth-order valence-corrected chi connectivity index (χ4v) is 1.21. The van der Waals surface area contributed by atoms with Crippen molar-refractivity contribution in [3.63, 3.8) is 0 Å². The maximum Gasteiger partial charge on any atom is 0.0575 e. The molecule has 0 heterocycles. The first-order valence-corrected chi connectivity index (χ1v) is 4.98. The van der Waals surface area contributed by atoms with Crippen molar-refractivity contribution in [1.29, 1.82) is 0 Å². The molecule has 0 aliphatic heterocycles. The van der Waals surface area contributed by atoms with Gasteiger partial charge in [0.1, 0.15) is 0 Å². The largest absolute Gasteiger partial charge is 0.304 e. The third-order valence-electron chi connectivity index (χ3n) is 2.04. The van der Waals surface area contributed by atoms with E-state index in [9.17, 15) is 0 Å². The Balaban J connectivity index is 0. The normalized spacial score (nSPS) is 11.5. The van der Waals surface area contributed by atoms with Gasteiger partial charge in [0.25, 0.3) is 0 Å². The summed E-state index contributed by atoms with van der Waals surface area (Å²) in [6.07, 6.45) is 11.8. The first-order chi connectivity index (χ1) is 5.81. The zero-order valence-corrected chi connectivity index (χ0v) is 9.62. The number of nitrogens with one attached hydrogen (secondary N) is 1. The van der Waals surface area contributed by atoms with Gasteiger partial charge in [-0.05, 0) is 13.3 Å². The molecule has 78 valence electrons. The molecule has 2 heteroatoms. The van der Waals surface area contributed by atoms with Gasteiger partial charge in [0.2, 0.25) is 0 Å². The number of hydrogen-bond acceptors (Lipinski definition) is 1. The molecule has 0 aromatic carbocycles. The first kappa shape index (κ1) is 15.3. The number of unbranched alkanes of at least 4 members (excludes halogenated alkanes) is 3. The fraction of sp³-hybridized carbons (Fsp3) is 0.818. The zero-order chi connectivity index (χ0) is 9.23. The van der Waals surface area contributed by atoms with E-state index in [0.29, 0.717) is 12.6 Å². The second kappa shape index (κ2) is 11.8. The van der Waals surface area contributed by atoms with E-state index in [1.807, 2.05) is 0 Å². The molecular weight excluding hydrogens is 182 g/mol. The molecule has 0 bridgehead atoms. The summed E-state index contributed by atoms with van der Waals surface area (Å²) in [5.74, 6) is 2.59. The standard InChI is InChI=1S/C11H21N.ClH/c1-4-6-7-8-9-11(3)12-10-5-2;/h2,11-12H,4,6-10H2,1,3H3;1H/t11-;/m1./s1. The van der Waals surface area contributed by atoms with Crippen LogP contribution in [0.5, 0.6) is 0 Å². The smallest absolute Gasteiger partial charge is 0.0575 e. The molecule has 1 atom stereocenters. The Hall–Kier alpha value is -0.190. The SMILES string of the molecule is C#CCN[C@H](C)CCCCCC.Cl. The van der Waals surface area contributed by atoms with Crippen LogP contribution in [0.1, 0.15) is 46.0 Å². The minimum atomic E-state index is 0. The van der Waals surface area contributed by atoms with Crippen LogP contribution in [-0.2, 0) is 0 Å². The Labute approximate surface area is 89.1 Å². The summed E-state index contributed by atoms with van der Waals surface area (Å²) in [6, 6.07) is 0.581. The van der Waals surface area contributed by atoms with Gasteiger partial charge in [0, 0.05) is 6.04 Å². The van der Waals surface area contributed by atoms with Gasteiger partial charge in [0.05, 0.1) is 6.54 Å². The minimum absolute atomic E-state index is 0. The summed E-state index contributed by atoms with van der Waals surface area (Å²) in [7, 11) is 0. The second-order valence-corrected chi connectivity index (χ2v) is 3.34. The molecule has 0 aromatic rings. The van der Waals surface area contributed by atoms with Gasteiger partial charge in [0.15, 0.2) is 0 Å². The fourth-order valence-electron chi connectivity index (χ4n) is 1.21. The molecule has 0 radical (unpaired) electrons. The number of halogens is 1. The van der Waals surface area contributed by atoms with E-state index >= 15 is 0 Å². The van der Waals surface area contributed by atoms with E-state index in [1.165, 1.54) is 32.1 Å². The van der Waals surface area contributed by atoms with Crippen LogP contribution in [0.4, 0.5) is 0 Å². The van der Waals surface area contributed by atoms with Crippen LogP contribution < -0.4 is 5.32 Å². The molecule has 1 nitrogen and oxygen atoms in total. The number of hydrogen-bond donors (Lipinski definition) is 1. The molecular formula is C11H22ClN. The van der Waals surface area contributed by atoms with Gasteiger partial charge in [-0.3, -0.25) is 0 Å². The van der Waals surface area contributed by atoms with Crippen LogP contribution in [0.15, 0.2) is 0 Å². The summed E-state index contributed by atoms with van der Waals surface area (Å²) in [6.45, 7) is 5.14. The van der Waals surface area contributed by atoms with E-state index in [-0.39, 0.29) is 12.4 Å². The van der Waals surface area contributed by atoms with Crippen molar-refractivity contribution in [2.45, 2.75) is 52.0 Å². The van der Waals surface area contributed by atoms with Crippen molar-refractivity contribution in [3.8, 4) is 12.3 Å². The van der Waals surface area contributed by atoms with Crippen molar-refractivity contribution in [3.05, 3.63) is 0 Å². The maximum absolute atomic E-state index is 5.14. The summed E-state index contributed by atoms with van der Waals surface area (Å²) in [4.78, 5) is 0. The van der Waals surface area contributed by atoms with E-state index in [1.54, 1.807) is 0 Å². The van der Waals surface area contributed by atoms with Crippen LogP contribution in [0.25, 0.3) is 0 Å². The van der Waals surface area contributed by atoms with Crippen molar-refractivity contribution in [2.24, 2.45) is 0 Å². The van der Waals surface area contributed by atoms with Crippen molar-refractivity contribution in [1.82, 2.24) is 5.32 Å². The monoisotopic (exact) mass is 203 g/mol. The third-order valence-corrected chi connectivity index (χ3v) is 2.04. The Bertz CT molecular complexity index is 129. The third kappa shape index (κ3) is 11.8. The molecule has 13 heavy (non-hydrogen) atoms. The summed E-state index contributed by atoms with van der Waals surface area (Å²) in [5, 5.41) is 3.27. The lowest BCUT2D eigenvalue weighted by atomic mass is 10.1. The predicted molar refractivity (Wildman–Crippen MR) is 62.3 cm³/mol. The van der Waals surface area contributed by atoms with Crippen molar-refractivity contribution in [2.75, 3.05) is 6.54 Å². The molecule has 0 aliphatic carbocycles. The highest BCUT2D eigenvalue weighted by molar-refractivity contribution is 5.85. The molecule has 0 aromatic heterocycles. The summed E-state index contributed by atoms with van der Waals surface area (Å²) >= 11 is 0. The Morgan fingerprint density at radius 2 is 2.00 bits per heavy atom. The molecule has 0 amide bonds. The summed E-state index contributed by atoms with van der Waals surface area (Å²) < 4.78 is 0. The molecule has 0 spiro atoms. The van der Waals surface area contributed by atoms with E-state index in [4.69, 9.17) is 6.42 Å². The molecule has 0 rings (SSSR count). The van der Waals surface area contributed by atoms with Crippen LogP contribution in [-0.4, -0.2) is 12.6 Å². The molecule has 1 N–H and O–H groups in total. The van der Waals surface area contributed by atoms with Gasteiger partial charge in [-0.1, -0.05) is 38.5 Å². The van der Waals surface area contributed by atoms with E-state index in [0.717, 1.165) is 0 Å². The van der Waals surface area contributed by atoms with Gasteiger partial charge in [-0.2, -0.15) is 0 Å². The Morgan fingerprint density at radius 3 is 2.54 bits per heavy atom.